The zero-order valence-electron chi connectivity index (χ0n) is 17.5. The summed E-state index contributed by atoms with van der Waals surface area (Å²) in [7, 11) is 1.10. The molecule has 11 heteroatoms. The number of allylic oxidation sites excluding steroid dienone is 2. The average Bonchev–Trinajstić information content (AvgIpc) is 3.43. The maximum atomic E-state index is 10.4. The van der Waals surface area contributed by atoms with Gasteiger partial charge in [-0.1, -0.05) is 17.7 Å². The van der Waals surface area contributed by atoms with Gasteiger partial charge in [-0.2, -0.15) is 10.1 Å². The van der Waals surface area contributed by atoms with Crippen LogP contribution >= 0.6 is 11.6 Å². The van der Waals surface area contributed by atoms with Crippen molar-refractivity contribution in [2.75, 3.05) is 30.1 Å². The van der Waals surface area contributed by atoms with E-state index < -0.39 is 10.8 Å². The molecule has 4 heterocycles. The Morgan fingerprint density at radius 1 is 1.40 bits per heavy atom. The molecule has 0 radical (unpaired) electrons. The van der Waals surface area contributed by atoms with E-state index in [1.54, 1.807) is 23.3 Å². The average molecular weight is 455 g/mol. The van der Waals surface area contributed by atoms with Gasteiger partial charge in [-0.3, -0.25) is 8.89 Å². The van der Waals surface area contributed by atoms with E-state index in [0.29, 0.717) is 23.4 Å². The summed E-state index contributed by atoms with van der Waals surface area (Å²) >= 11 is 6.21. The van der Waals surface area contributed by atoms with Gasteiger partial charge in [0.1, 0.15) is 11.1 Å². The molecule has 4 unspecified atom stereocenters. The van der Waals surface area contributed by atoms with Crippen molar-refractivity contribution in [2.45, 2.75) is 38.5 Å². The van der Waals surface area contributed by atoms with Crippen LogP contribution in [0.2, 0.25) is 5.02 Å². The highest BCUT2D eigenvalue weighted by molar-refractivity contribution is 7.88. The van der Waals surface area contributed by atoms with Gasteiger partial charge >= 0.3 is 0 Å². The minimum Gasteiger partial charge on any atom is -0.373 e. The van der Waals surface area contributed by atoms with Gasteiger partial charge < -0.3 is 20.1 Å². The maximum absolute atomic E-state index is 10.4. The van der Waals surface area contributed by atoms with Gasteiger partial charge in [-0.05, 0) is 20.3 Å². The number of nitrogens with zero attached hydrogens (tertiary/aromatic N) is 4. The summed E-state index contributed by atoms with van der Waals surface area (Å²) in [5.41, 5.74) is 0.809. The number of aryl methyl sites for hydroxylation is 1. The summed E-state index contributed by atoms with van der Waals surface area (Å²) in [5, 5.41) is 11.0. The number of ether oxygens (including phenoxy) is 2. The Kier molecular flexibility index (Phi) is 7.81. The quantitative estimate of drug-likeness (QED) is 0.710. The van der Waals surface area contributed by atoms with E-state index in [2.05, 4.69) is 25.7 Å². The van der Waals surface area contributed by atoms with Gasteiger partial charge in [0.05, 0.1) is 36.8 Å². The van der Waals surface area contributed by atoms with E-state index in [0.717, 1.165) is 23.6 Å². The van der Waals surface area contributed by atoms with Crippen molar-refractivity contribution in [1.82, 2.24) is 19.7 Å². The van der Waals surface area contributed by atoms with E-state index in [1.807, 2.05) is 33.2 Å². The molecule has 2 aromatic heterocycles. The SMILES string of the molecule is C/C=C(\C)S(C)=O.Cn1cc(Nc2ncc(Cl)c(NC3COC4CCOC34)n2)cn1. The topological polar surface area (TPSA) is 103 Å². The summed E-state index contributed by atoms with van der Waals surface area (Å²) in [4.78, 5) is 9.58. The van der Waals surface area contributed by atoms with Crippen molar-refractivity contribution in [2.24, 2.45) is 7.05 Å². The minimum atomic E-state index is -0.749. The highest BCUT2D eigenvalue weighted by Crippen LogP contribution is 2.30. The highest BCUT2D eigenvalue weighted by atomic mass is 35.5. The second-order valence-corrected chi connectivity index (χ2v) is 8.98. The molecular weight excluding hydrogens is 428 g/mol. The van der Waals surface area contributed by atoms with Crippen LogP contribution in [0, 0.1) is 0 Å². The van der Waals surface area contributed by atoms with Gasteiger partial charge in [0.15, 0.2) is 5.82 Å². The van der Waals surface area contributed by atoms with Crippen molar-refractivity contribution >= 4 is 39.9 Å². The molecular formula is C19H27ClN6O3S. The van der Waals surface area contributed by atoms with E-state index in [1.165, 1.54) is 0 Å². The van der Waals surface area contributed by atoms with Crippen molar-refractivity contribution in [3.63, 3.8) is 0 Å². The number of aromatic nitrogens is 4. The predicted octanol–water partition coefficient (Wildman–Crippen LogP) is 2.86. The number of hydrogen-bond acceptors (Lipinski definition) is 8. The molecule has 0 saturated carbocycles. The first-order valence-corrected chi connectivity index (χ1v) is 11.5. The highest BCUT2D eigenvalue weighted by Gasteiger charge is 2.42. The molecule has 0 amide bonds. The van der Waals surface area contributed by atoms with Crippen LogP contribution in [0.3, 0.4) is 0 Å². The van der Waals surface area contributed by atoms with Gasteiger partial charge in [0.25, 0.3) is 0 Å². The number of nitrogens with one attached hydrogen (secondary N) is 2. The Labute approximate surface area is 183 Å². The standard InChI is InChI=1S/C14H17ClN6O2.C5H10OS/c1-21-6-8(4-17-21)18-14-16-5-9(15)13(20-14)19-10-7-23-11-2-3-22-12(10)11;1-4-5(2)7(3)6/h4-6,10-12H,2-3,7H2,1H3,(H2,16,18,19,20);4H,1-3H3/b;5-4+. The van der Waals surface area contributed by atoms with Crippen LogP contribution in [-0.2, 0) is 27.3 Å². The minimum absolute atomic E-state index is 0.0427. The maximum Gasteiger partial charge on any atom is 0.229 e. The number of hydrogen-bond donors (Lipinski definition) is 2. The fraction of sp³-hybridized carbons (Fsp3) is 0.526. The number of rotatable bonds is 5. The van der Waals surface area contributed by atoms with Crippen LogP contribution in [-0.4, -0.2) is 61.7 Å². The molecule has 2 saturated heterocycles. The fourth-order valence-corrected chi connectivity index (χ4v) is 3.55. The van der Waals surface area contributed by atoms with Crippen LogP contribution in [0.5, 0.6) is 0 Å². The Hall–Kier alpha value is -2.01. The molecule has 9 nitrogen and oxygen atoms in total. The Morgan fingerprint density at radius 2 is 2.20 bits per heavy atom. The third kappa shape index (κ3) is 5.78. The van der Waals surface area contributed by atoms with E-state index in [-0.39, 0.29) is 18.2 Å². The summed E-state index contributed by atoms with van der Waals surface area (Å²) in [5.74, 6) is 1.02. The molecule has 0 bridgehead atoms. The van der Waals surface area contributed by atoms with Crippen LogP contribution in [0.25, 0.3) is 0 Å². The number of fused-ring (bicyclic) bond motifs is 1. The van der Waals surface area contributed by atoms with Gasteiger partial charge in [-0.25, -0.2) is 4.98 Å². The molecule has 30 heavy (non-hydrogen) atoms. The summed E-state index contributed by atoms with van der Waals surface area (Å²) in [6.45, 7) is 5.06. The zero-order chi connectivity index (χ0) is 21.7. The molecule has 4 rings (SSSR count). The molecule has 2 N–H and O–H groups in total. The Bertz CT molecular complexity index is 921. The van der Waals surface area contributed by atoms with Crippen LogP contribution < -0.4 is 10.6 Å². The second kappa shape index (κ2) is 10.3. The molecule has 2 aliphatic rings. The van der Waals surface area contributed by atoms with Crippen molar-refractivity contribution < 1.29 is 13.7 Å². The van der Waals surface area contributed by atoms with E-state index >= 15 is 0 Å². The lowest BCUT2D eigenvalue weighted by atomic mass is 10.1. The van der Waals surface area contributed by atoms with Crippen LogP contribution in [0.1, 0.15) is 20.3 Å². The molecule has 4 atom stereocenters. The van der Waals surface area contributed by atoms with E-state index in [4.69, 9.17) is 21.1 Å². The summed E-state index contributed by atoms with van der Waals surface area (Å²) in [6.07, 6.45) is 9.80. The lowest BCUT2D eigenvalue weighted by Gasteiger charge is -2.19. The van der Waals surface area contributed by atoms with Crippen LogP contribution in [0.15, 0.2) is 29.6 Å². The summed E-state index contributed by atoms with van der Waals surface area (Å²) < 4.78 is 23.6. The van der Waals surface area contributed by atoms with E-state index in [9.17, 15) is 4.21 Å². The molecule has 2 fully saturated rings. The lowest BCUT2D eigenvalue weighted by Crippen LogP contribution is -2.34. The molecule has 2 aliphatic heterocycles. The van der Waals surface area contributed by atoms with Gasteiger partial charge in [-0.15, -0.1) is 0 Å². The van der Waals surface area contributed by atoms with Gasteiger partial charge in [0, 0.05) is 41.8 Å². The third-order valence-corrected chi connectivity index (χ3v) is 6.27. The largest absolute Gasteiger partial charge is 0.373 e. The first-order chi connectivity index (χ1) is 14.4. The number of anilines is 3. The van der Waals surface area contributed by atoms with Crippen molar-refractivity contribution in [1.29, 1.82) is 0 Å². The first-order valence-electron chi connectivity index (χ1n) is 9.61. The Balaban J connectivity index is 0.000000318. The lowest BCUT2D eigenvalue weighted by molar-refractivity contribution is 0.0718. The van der Waals surface area contributed by atoms with Crippen LogP contribution in [0.4, 0.5) is 17.5 Å². The number of halogens is 1. The summed E-state index contributed by atoms with van der Waals surface area (Å²) in [6, 6.07) is 0.0427. The molecule has 164 valence electrons. The van der Waals surface area contributed by atoms with Crippen molar-refractivity contribution in [3.8, 4) is 0 Å². The predicted molar refractivity (Wildman–Crippen MR) is 119 cm³/mol. The Morgan fingerprint density at radius 3 is 2.83 bits per heavy atom. The zero-order valence-corrected chi connectivity index (χ0v) is 19.0. The first kappa shape index (κ1) is 22.7. The monoisotopic (exact) mass is 454 g/mol. The fourth-order valence-electron chi connectivity index (χ4n) is 3.08. The molecule has 0 aromatic carbocycles. The smallest absolute Gasteiger partial charge is 0.229 e. The normalized spacial score (nSPS) is 24.0. The second-order valence-electron chi connectivity index (χ2n) is 7.02. The molecule has 0 spiro atoms. The third-order valence-electron chi connectivity index (χ3n) is 4.85. The molecule has 2 aromatic rings. The van der Waals surface area contributed by atoms with Gasteiger partial charge in [0.2, 0.25) is 5.95 Å². The molecule has 0 aliphatic carbocycles. The van der Waals surface area contributed by atoms with Crippen molar-refractivity contribution in [3.05, 3.63) is 34.6 Å².